The number of amides is 3. The van der Waals surface area contributed by atoms with Gasteiger partial charge in [0.15, 0.2) is 0 Å². The molecule has 1 aromatic carbocycles. The van der Waals surface area contributed by atoms with E-state index in [0.717, 1.165) is 29.3 Å². The number of hydrogen-bond acceptors (Lipinski definition) is 3. The smallest absolute Gasteiger partial charge is 0.321 e. The molecule has 1 fully saturated rings. The monoisotopic (exact) mass is 353 g/mol. The highest BCUT2D eigenvalue weighted by Gasteiger charge is 2.23. The van der Waals surface area contributed by atoms with Crippen LogP contribution in [0.5, 0.6) is 0 Å². The molecule has 0 radical (unpaired) electrons. The molecule has 1 atom stereocenters. The zero-order valence-corrected chi connectivity index (χ0v) is 13.6. The summed E-state index contributed by atoms with van der Waals surface area (Å²) in [6.07, 6.45) is 2.87. The quantitative estimate of drug-likeness (QED) is 0.735. The van der Waals surface area contributed by atoms with Crippen molar-refractivity contribution in [3.63, 3.8) is 0 Å². The highest BCUT2D eigenvalue weighted by atomic mass is 79.9. The molecule has 0 bridgehead atoms. The molecular formula is C15H20BrN3O2. The van der Waals surface area contributed by atoms with E-state index in [1.807, 2.05) is 24.3 Å². The third-order valence-electron chi connectivity index (χ3n) is 3.36. The van der Waals surface area contributed by atoms with E-state index >= 15 is 0 Å². The Labute approximate surface area is 133 Å². The van der Waals surface area contributed by atoms with Gasteiger partial charge in [0.05, 0.1) is 6.54 Å². The van der Waals surface area contributed by atoms with E-state index in [2.05, 4.69) is 38.8 Å². The summed E-state index contributed by atoms with van der Waals surface area (Å²) in [5.74, 6) is -0.316. The second kappa shape index (κ2) is 7.56. The van der Waals surface area contributed by atoms with Crippen LogP contribution >= 0.6 is 15.9 Å². The topological polar surface area (TPSA) is 70.2 Å². The first-order valence-electron chi connectivity index (χ1n) is 7.17. The van der Waals surface area contributed by atoms with Gasteiger partial charge in [-0.15, -0.1) is 0 Å². The molecule has 6 heteroatoms. The molecule has 0 aromatic heterocycles. The van der Waals surface area contributed by atoms with Crippen molar-refractivity contribution in [1.82, 2.24) is 16.0 Å². The van der Waals surface area contributed by atoms with Crippen molar-refractivity contribution in [1.29, 1.82) is 0 Å². The molecule has 1 aliphatic rings. The maximum atomic E-state index is 11.7. The Morgan fingerprint density at radius 1 is 1.29 bits per heavy atom. The van der Waals surface area contributed by atoms with Crippen LogP contribution < -0.4 is 16.0 Å². The van der Waals surface area contributed by atoms with Gasteiger partial charge in [-0.2, -0.15) is 0 Å². The first-order chi connectivity index (χ1) is 10.1. The van der Waals surface area contributed by atoms with Crippen LogP contribution in [0.1, 0.15) is 37.8 Å². The maximum absolute atomic E-state index is 11.7. The molecule has 0 unspecified atom stereocenters. The largest absolute Gasteiger partial charge is 0.335 e. The number of halogens is 1. The lowest BCUT2D eigenvalue weighted by Gasteiger charge is -2.17. The minimum absolute atomic E-state index is 0.0929. The van der Waals surface area contributed by atoms with E-state index in [1.165, 1.54) is 0 Å². The average molecular weight is 354 g/mol. The molecule has 3 N–H and O–H groups in total. The third kappa shape index (κ3) is 5.47. The zero-order valence-electron chi connectivity index (χ0n) is 12.0. The Bertz CT molecular complexity index is 500. The normalized spacial score (nSPS) is 15.3. The van der Waals surface area contributed by atoms with Crippen LogP contribution in [-0.2, 0) is 4.79 Å². The number of carbonyl (C=O) groups is 2. The van der Waals surface area contributed by atoms with Gasteiger partial charge in [0, 0.05) is 16.6 Å². The van der Waals surface area contributed by atoms with E-state index < -0.39 is 6.03 Å². The van der Waals surface area contributed by atoms with Crippen LogP contribution in [0.15, 0.2) is 28.7 Å². The fourth-order valence-electron chi connectivity index (χ4n) is 2.03. The average Bonchev–Trinajstić information content (AvgIpc) is 3.25. The molecule has 0 spiro atoms. The fourth-order valence-corrected chi connectivity index (χ4v) is 2.29. The molecule has 1 aliphatic carbocycles. The summed E-state index contributed by atoms with van der Waals surface area (Å²) in [4.78, 5) is 23.2. The summed E-state index contributed by atoms with van der Waals surface area (Å²) in [7, 11) is 0. The Morgan fingerprint density at radius 3 is 2.52 bits per heavy atom. The molecule has 0 saturated heterocycles. The minimum atomic E-state index is -0.402. The van der Waals surface area contributed by atoms with E-state index in [-0.39, 0.29) is 24.5 Å². The van der Waals surface area contributed by atoms with E-state index in [1.54, 1.807) is 0 Å². The number of benzene rings is 1. The summed E-state index contributed by atoms with van der Waals surface area (Å²) in [5, 5.41) is 8.22. The van der Waals surface area contributed by atoms with Gasteiger partial charge < -0.3 is 10.6 Å². The Morgan fingerprint density at radius 2 is 1.95 bits per heavy atom. The third-order valence-corrected chi connectivity index (χ3v) is 3.88. The second-order valence-electron chi connectivity index (χ2n) is 5.19. The lowest BCUT2D eigenvalue weighted by molar-refractivity contribution is -0.119. The fraction of sp³-hybridized carbons (Fsp3) is 0.467. The Balaban J connectivity index is 1.77. The van der Waals surface area contributed by atoms with Gasteiger partial charge >= 0.3 is 6.03 Å². The van der Waals surface area contributed by atoms with Crippen molar-refractivity contribution >= 4 is 27.9 Å². The number of rotatable bonds is 6. The molecule has 0 aliphatic heterocycles. The van der Waals surface area contributed by atoms with Gasteiger partial charge in [-0.1, -0.05) is 35.0 Å². The minimum Gasteiger partial charge on any atom is -0.335 e. The number of nitrogens with one attached hydrogen (secondary N) is 3. The van der Waals surface area contributed by atoms with Gasteiger partial charge in [0.1, 0.15) is 0 Å². The van der Waals surface area contributed by atoms with Crippen LogP contribution in [-0.4, -0.2) is 24.5 Å². The molecular weight excluding hydrogens is 334 g/mol. The number of urea groups is 1. The van der Waals surface area contributed by atoms with Crippen molar-refractivity contribution in [3.05, 3.63) is 34.3 Å². The van der Waals surface area contributed by atoms with Crippen molar-refractivity contribution in [2.45, 2.75) is 38.3 Å². The Hall–Kier alpha value is -1.40. The maximum Gasteiger partial charge on any atom is 0.321 e. The summed E-state index contributed by atoms with van der Waals surface area (Å²) in [5.41, 5.74) is 1.12. The van der Waals surface area contributed by atoms with Crippen molar-refractivity contribution in [2.75, 3.05) is 6.54 Å². The highest BCUT2D eigenvalue weighted by Crippen LogP contribution is 2.19. The van der Waals surface area contributed by atoms with Gasteiger partial charge in [0.25, 0.3) is 0 Å². The van der Waals surface area contributed by atoms with Crippen LogP contribution in [0, 0.1) is 0 Å². The first kappa shape index (κ1) is 16.0. The first-order valence-corrected chi connectivity index (χ1v) is 7.97. The molecule has 5 nitrogen and oxygen atoms in total. The second-order valence-corrected chi connectivity index (χ2v) is 6.10. The predicted molar refractivity (Wildman–Crippen MR) is 84.9 cm³/mol. The molecule has 0 heterocycles. The van der Waals surface area contributed by atoms with Crippen molar-refractivity contribution < 1.29 is 9.59 Å². The standard InChI is InChI=1S/C15H20BrN3O2/c1-2-13(10-3-5-11(16)6-4-10)17-9-14(20)19-15(21)18-12-7-8-12/h3-6,12-13,17H,2,7-9H2,1H3,(H2,18,19,20,21)/t13-/m0/s1. The Kier molecular flexibility index (Phi) is 5.76. The van der Waals surface area contributed by atoms with E-state index in [4.69, 9.17) is 0 Å². The summed E-state index contributed by atoms with van der Waals surface area (Å²) < 4.78 is 1.02. The van der Waals surface area contributed by atoms with Gasteiger partial charge in [-0.05, 0) is 37.0 Å². The van der Waals surface area contributed by atoms with Crippen molar-refractivity contribution in [2.24, 2.45) is 0 Å². The predicted octanol–water partition coefficient (Wildman–Crippen LogP) is 2.48. The van der Waals surface area contributed by atoms with E-state index in [0.29, 0.717) is 0 Å². The number of hydrogen-bond donors (Lipinski definition) is 3. The number of imide groups is 1. The summed E-state index contributed by atoms with van der Waals surface area (Å²) >= 11 is 3.40. The van der Waals surface area contributed by atoms with Crippen molar-refractivity contribution in [3.8, 4) is 0 Å². The van der Waals surface area contributed by atoms with Crippen LogP contribution in [0.2, 0.25) is 0 Å². The van der Waals surface area contributed by atoms with Gasteiger partial charge in [-0.25, -0.2) is 4.79 Å². The molecule has 21 heavy (non-hydrogen) atoms. The van der Waals surface area contributed by atoms with Crippen LogP contribution in [0.25, 0.3) is 0 Å². The van der Waals surface area contributed by atoms with Crippen LogP contribution in [0.4, 0.5) is 4.79 Å². The zero-order chi connectivity index (χ0) is 15.2. The van der Waals surface area contributed by atoms with E-state index in [9.17, 15) is 9.59 Å². The van der Waals surface area contributed by atoms with Gasteiger partial charge in [0.2, 0.25) is 5.91 Å². The molecule has 2 rings (SSSR count). The van der Waals surface area contributed by atoms with Gasteiger partial charge in [-0.3, -0.25) is 10.1 Å². The highest BCUT2D eigenvalue weighted by molar-refractivity contribution is 9.10. The van der Waals surface area contributed by atoms with Crippen LogP contribution in [0.3, 0.4) is 0 Å². The summed E-state index contributed by atoms with van der Waals surface area (Å²) in [6.45, 7) is 2.17. The molecule has 1 aromatic rings. The number of carbonyl (C=O) groups excluding carboxylic acids is 2. The molecule has 3 amide bonds. The lowest BCUT2D eigenvalue weighted by atomic mass is 10.0. The SMILES string of the molecule is CC[C@H](NCC(=O)NC(=O)NC1CC1)c1ccc(Br)cc1. The molecule has 114 valence electrons. The lowest BCUT2D eigenvalue weighted by Crippen LogP contribution is -2.44. The summed E-state index contributed by atoms with van der Waals surface area (Å²) in [6, 6.07) is 7.92. The molecule has 1 saturated carbocycles.